The van der Waals surface area contributed by atoms with Crippen molar-refractivity contribution < 1.29 is 50.1 Å². The van der Waals surface area contributed by atoms with Crippen molar-refractivity contribution in [1.29, 1.82) is 0 Å². The summed E-state index contributed by atoms with van der Waals surface area (Å²) < 4.78 is 104. The van der Waals surface area contributed by atoms with Crippen molar-refractivity contribution in [1.82, 2.24) is 5.32 Å². The number of hydrogen-bond donors (Lipinski definition) is 2. The van der Waals surface area contributed by atoms with Crippen LogP contribution in [0.5, 0.6) is 11.5 Å². The Hall–Kier alpha value is -3.28. The summed E-state index contributed by atoms with van der Waals surface area (Å²) in [4.78, 5) is 10.9. The maximum Gasteiger partial charge on any atom is 0.416 e. The molecule has 0 aromatic heterocycles. The lowest BCUT2D eigenvalue weighted by molar-refractivity contribution is -0.146. The van der Waals surface area contributed by atoms with E-state index in [4.69, 9.17) is 14.6 Å². The third kappa shape index (κ3) is 5.75. The summed E-state index contributed by atoms with van der Waals surface area (Å²) in [6.45, 7) is -0.272. The van der Waals surface area contributed by atoms with Gasteiger partial charge in [0.2, 0.25) is 0 Å². The number of nitrogens with one attached hydrogen (secondary N) is 1. The number of carbonyl (C=O) groups is 1. The van der Waals surface area contributed by atoms with Crippen molar-refractivity contribution in [3.63, 3.8) is 0 Å². The van der Waals surface area contributed by atoms with Crippen LogP contribution >= 0.6 is 0 Å². The van der Waals surface area contributed by atoms with E-state index in [-0.39, 0.29) is 41.7 Å². The summed E-state index contributed by atoms with van der Waals surface area (Å²) in [7, 11) is 0. The van der Waals surface area contributed by atoms with Crippen LogP contribution in [0.1, 0.15) is 35.1 Å². The van der Waals surface area contributed by atoms with Crippen molar-refractivity contribution in [2.75, 3.05) is 13.2 Å². The normalized spacial score (nSPS) is 19.6. The van der Waals surface area contributed by atoms with Gasteiger partial charge in [-0.1, -0.05) is 6.07 Å². The van der Waals surface area contributed by atoms with Gasteiger partial charge in [0.25, 0.3) is 0 Å². The van der Waals surface area contributed by atoms with E-state index in [9.17, 15) is 35.5 Å². The highest BCUT2D eigenvalue weighted by molar-refractivity contribution is 5.71. The lowest BCUT2D eigenvalue weighted by atomic mass is 9.80. The van der Waals surface area contributed by atoms with E-state index < -0.39 is 47.4 Å². The second-order valence-electron chi connectivity index (χ2n) is 8.65. The number of ether oxygens (including phenoxy) is 2. The first kappa shape index (κ1) is 25.8. The molecule has 1 aliphatic heterocycles. The van der Waals surface area contributed by atoms with Gasteiger partial charge in [0.15, 0.2) is 0 Å². The summed E-state index contributed by atoms with van der Waals surface area (Å²) in [6, 6.07) is 3.51. The lowest BCUT2D eigenvalue weighted by Gasteiger charge is -2.33. The Bertz CT molecular complexity index is 1180. The first-order valence-electron chi connectivity index (χ1n) is 10.8. The molecule has 2 N–H and O–H groups in total. The van der Waals surface area contributed by atoms with Gasteiger partial charge < -0.3 is 19.9 Å². The number of aliphatic carboxylic acids is 1. The van der Waals surface area contributed by atoms with Gasteiger partial charge in [-0.25, -0.2) is 4.39 Å². The molecule has 2 aromatic carbocycles. The fraction of sp³-hybridized carbons (Fsp3) is 0.375. The molecule has 1 aliphatic carbocycles. The first-order chi connectivity index (χ1) is 16.8. The van der Waals surface area contributed by atoms with E-state index in [2.05, 4.69) is 5.32 Å². The van der Waals surface area contributed by atoms with Crippen molar-refractivity contribution in [3.05, 3.63) is 64.0 Å². The van der Waals surface area contributed by atoms with Crippen LogP contribution in [0, 0.1) is 11.7 Å². The van der Waals surface area contributed by atoms with Gasteiger partial charge in [0.1, 0.15) is 30.5 Å². The molecule has 0 spiro atoms. The second kappa shape index (κ2) is 9.64. The molecule has 0 bridgehead atoms. The van der Waals surface area contributed by atoms with Crippen molar-refractivity contribution in [3.8, 4) is 11.5 Å². The highest BCUT2D eigenvalue weighted by Gasteiger charge is 2.38. The SMILES string of the molecule is O=C(O)C1CC(NCC2=Cc3c(F)cc(OCc4ccc(C(F)(F)F)cc4C(F)(F)F)cc3OC2)C1. The number of benzene rings is 2. The number of carboxylic acid groups (broad SMARTS) is 1. The minimum atomic E-state index is -5.05. The molecule has 2 aromatic rings. The summed E-state index contributed by atoms with van der Waals surface area (Å²) in [5.74, 6) is -2.01. The van der Waals surface area contributed by atoms with Crippen LogP contribution in [0.3, 0.4) is 0 Å². The molecule has 0 unspecified atom stereocenters. The summed E-state index contributed by atoms with van der Waals surface area (Å²) >= 11 is 0. The quantitative estimate of drug-likeness (QED) is 0.462. The Morgan fingerprint density at radius 1 is 1.08 bits per heavy atom. The molecule has 0 amide bonds. The third-order valence-corrected chi connectivity index (χ3v) is 6.07. The highest BCUT2D eigenvalue weighted by Crippen LogP contribution is 2.38. The molecule has 0 atom stereocenters. The van der Waals surface area contributed by atoms with Gasteiger partial charge in [0, 0.05) is 30.3 Å². The van der Waals surface area contributed by atoms with Gasteiger partial charge in [-0.3, -0.25) is 4.79 Å². The number of alkyl halides is 6. The maximum absolute atomic E-state index is 14.7. The average Bonchev–Trinajstić information content (AvgIpc) is 2.75. The van der Waals surface area contributed by atoms with Gasteiger partial charge in [-0.2, -0.15) is 26.3 Å². The molecule has 5 nitrogen and oxygen atoms in total. The van der Waals surface area contributed by atoms with Crippen LogP contribution in [0.15, 0.2) is 35.9 Å². The lowest BCUT2D eigenvalue weighted by Crippen LogP contribution is -2.45. The first-order valence-corrected chi connectivity index (χ1v) is 10.8. The van der Waals surface area contributed by atoms with Crippen LogP contribution in [0.25, 0.3) is 6.08 Å². The van der Waals surface area contributed by atoms with Gasteiger partial charge in [0.05, 0.1) is 22.6 Å². The van der Waals surface area contributed by atoms with Crippen LogP contribution in [-0.4, -0.2) is 30.3 Å². The highest BCUT2D eigenvalue weighted by atomic mass is 19.4. The Labute approximate surface area is 200 Å². The molecule has 1 saturated carbocycles. The topological polar surface area (TPSA) is 67.8 Å². The zero-order valence-corrected chi connectivity index (χ0v) is 18.5. The Morgan fingerprint density at radius 3 is 2.44 bits per heavy atom. The van der Waals surface area contributed by atoms with Crippen molar-refractivity contribution in [2.24, 2.45) is 5.92 Å². The van der Waals surface area contributed by atoms with Crippen molar-refractivity contribution in [2.45, 2.75) is 37.8 Å². The molecule has 2 aliphatic rings. The third-order valence-electron chi connectivity index (χ3n) is 6.07. The molecule has 0 saturated heterocycles. The monoisotopic (exact) mass is 519 g/mol. The predicted molar refractivity (Wildman–Crippen MR) is 113 cm³/mol. The van der Waals surface area contributed by atoms with E-state index in [1.54, 1.807) is 6.08 Å². The number of rotatable bonds is 7. The fourth-order valence-corrected chi connectivity index (χ4v) is 4.00. The van der Waals surface area contributed by atoms with Crippen LogP contribution in [0.2, 0.25) is 0 Å². The van der Waals surface area contributed by atoms with Gasteiger partial charge in [-0.05, 0) is 36.6 Å². The molecule has 36 heavy (non-hydrogen) atoms. The van der Waals surface area contributed by atoms with Gasteiger partial charge in [-0.15, -0.1) is 0 Å². The van der Waals surface area contributed by atoms with Crippen LogP contribution in [0.4, 0.5) is 30.7 Å². The van der Waals surface area contributed by atoms with E-state index >= 15 is 0 Å². The smallest absolute Gasteiger partial charge is 0.416 e. The molecule has 4 rings (SSSR count). The average molecular weight is 519 g/mol. The predicted octanol–water partition coefficient (Wildman–Crippen LogP) is 5.67. The number of halogens is 7. The Kier molecular flexibility index (Phi) is 6.91. The fourth-order valence-electron chi connectivity index (χ4n) is 4.00. The summed E-state index contributed by atoms with van der Waals surface area (Å²) in [5.41, 5.74) is -2.64. The van der Waals surface area contributed by atoms with E-state index in [1.165, 1.54) is 6.07 Å². The maximum atomic E-state index is 14.7. The molecule has 194 valence electrons. The largest absolute Gasteiger partial charge is 0.489 e. The molecular formula is C24H20F7NO4. The van der Waals surface area contributed by atoms with E-state index in [1.807, 2.05) is 0 Å². The number of carboxylic acids is 1. The minimum absolute atomic E-state index is 0.0149. The number of hydrogen-bond acceptors (Lipinski definition) is 4. The minimum Gasteiger partial charge on any atom is -0.489 e. The standard InChI is InChI=1S/C24H20F7NO4/c25-20-7-17(35-11-13-1-2-15(23(26,27)28)6-19(13)24(29,30)31)8-21-18(20)3-12(10-36-21)9-32-16-4-14(5-16)22(33)34/h1-3,6-8,14,16,32H,4-5,9-11H2,(H,33,34). The summed E-state index contributed by atoms with van der Waals surface area (Å²) in [6.07, 6.45) is -7.42. The second-order valence-corrected chi connectivity index (χ2v) is 8.65. The molecule has 0 radical (unpaired) electrons. The molecule has 1 heterocycles. The Balaban J connectivity index is 1.44. The Morgan fingerprint density at radius 2 is 1.81 bits per heavy atom. The van der Waals surface area contributed by atoms with Crippen molar-refractivity contribution >= 4 is 12.0 Å². The zero-order valence-electron chi connectivity index (χ0n) is 18.5. The van der Waals surface area contributed by atoms with Crippen LogP contribution < -0.4 is 14.8 Å². The zero-order chi connectivity index (χ0) is 26.3. The molecule has 12 heteroatoms. The molecular weight excluding hydrogens is 499 g/mol. The molecule has 1 fully saturated rings. The van der Waals surface area contributed by atoms with E-state index in [0.29, 0.717) is 37.1 Å². The van der Waals surface area contributed by atoms with Crippen LogP contribution in [-0.2, 0) is 23.8 Å². The number of fused-ring (bicyclic) bond motifs is 1. The van der Waals surface area contributed by atoms with E-state index in [0.717, 1.165) is 6.07 Å². The summed E-state index contributed by atoms with van der Waals surface area (Å²) in [5, 5.41) is 12.1. The van der Waals surface area contributed by atoms with Gasteiger partial charge >= 0.3 is 18.3 Å².